The molecule has 3 nitrogen and oxygen atoms in total. The van der Waals surface area contributed by atoms with Crippen molar-refractivity contribution in [3.63, 3.8) is 0 Å². The molecule has 0 aliphatic rings. The number of nitrogens with one attached hydrogen (secondary N) is 1. The highest BCUT2D eigenvalue weighted by molar-refractivity contribution is 6.74. The molecule has 0 aromatic rings. The van der Waals surface area contributed by atoms with E-state index in [0.29, 0.717) is 0 Å². The molecule has 0 amide bonds. The van der Waals surface area contributed by atoms with Crippen LogP contribution in [0, 0.1) is 16.7 Å². The average molecular weight is 196 g/mol. The topological polar surface area (TPSA) is 56.9 Å². The lowest BCUT2D eigenvalue weighted by Gasteiger charge is -2.35. The largest absolute Gasteiger partial charge is 0.530 e. The van der Waals surface area contributed by atoms with Gasteiger partial charge in [0.2, 0.25) is 5.76 Å². The van der Waals surface area contributed by atoms with E-state index in [0.717, 1.165) is 0 Å². The van der Waals surface area contributed by atoms with Crippen LogP contribution in [0.3, 0.4) is 0 Å². The number of rotatable bonds is 2. The van der Waals surface area contributed by atoms with Gasteiger partial charge in [-0.05, 0) is 18.1 Å². The van der Waals surface area contributed by atoms with Gasteiger partial charge in [0.1, 0.15) is 6.07 Å². The van der Waals surface area contributed by atoms with Crippen LogP contribution in [0.4, 0.5) is 0 Å². The van der Waals surface area contributed by atoms with Crippen LogP contribution in [-0.4, -0.2) is 14.2 Å². The zero-order chi connectivity index (χ0) is 10.7. The monoisotopic (exact) mass is 196 g/mol. The third-order valence-electron chi connectivity index (χ3n) is 2.38. The third-order valence-corrected chi connectivity index (χ3v) is 6.71. The summed E-state index contributed by atoms with van der Waals surface area (Å²) in [4.78, 5) is 0. The molecule has 0 aromatic carbocycles. The van der Waals surface area contributed by atoms with Crippen LogP contribution in [0.1, 0.15) is 20.8 Å². The van der Waals surface area contributed by atoms with Crippen molar-refractivity contribution in [1.29, 1.82) is 10.7 Å². The van der Waals surface area contributed by atoms with Crippen molar-refractivity contribution in [3.05, 3.63) is 5.76 Å². The van der Waals surface area contributed by atoms with Gasteiger partial charge in [0.15, 0.2) is 0 Å². The Morgan fingerprint density at radius 3 is 2.08 bits per heavy atom. The van der Waals surface area contributed by atoms with Crippen molar-refractivity contribution in [3.8, 4) is 6.07 Å². The van der Waals surface area contributed by atoms with E-state index in [1.54, 1.807) is 0 Å². The molecule has 72 valence electrons. The second-order valence-electron chi connectivity index (χ2n) is 4.43. The summed E-state index contributed by atoms with van der Waals surface area (Å²) in [6.07, 6.45) is 0. The van der Waals surface area contributed by atoms with Gasteiger partial charge >= 0.3 is 0 Å². The third kappa shape index (κ3) is 3.06. The number of hydrogen-bond donors (Lipinski definition) is 1. The van der Waals surface area contributed by atoms with Gasteiger partial charge in [0, 0.05) is 5.87 Å². The predicted molar refractivity (Wildman–Crippen MR) is 55.1 cm³/mol. The minimum absolute atomic E-state index is 0.00779. The molecule has 0 radical (unpaired) electrons. The number of nitriles is 1. The Hall–Kier alpha value is -1.04. The van der Waals surface area contributed by atoms with Crippen molar-refractivity contribution < 1.29 is 4.43 Å². The summed E-state index contributed by atoms with van der Waals surface area (Å²) in [5, 5.41) is 15.5. The molecule has 0 aliphatic heterocycles. The van der Waals surface area contributed by atoms with E-state index in [4.69, 9.17) is 15.1 Å². The Balaban J connectivity index is 4.73. The van der Waals surface area contributed by atoms with Crippen LogP contribution < -0.4 is 0 Å². The van der Waals surface area contributed by atoms with Crippen LogP contribution in [0.15, 0.2) is 5.76 Å². The number of nitrogens with zero attached hydrogens (tertiary/aromatic N) is 1. The van der Waals surface area contributed by atoms with E-state index in [1.165, 1.54) is 0 Å². The van der Waals surface area contributed by atoms with Gasteiger partial charge in [0.25, 0.3) is 8.32 Å². The van der Waals surface area contributed by atoms with Gasteiger partial charge in [0.05, 0.1) is 0 Å². The molecule has 0 unspecified atom stereocenters. The highest BCUT2D eigenvalue weighted by atomic mass is 28.4. The Kier molecular flexibility index (Phi) is 3.47. The van der Waals surface area contributed by atoms with Crippen LogP contribution in [0.5, 0.6) is 0 Å². The molecule has 4 heteroatoms. The van der Waals surface area contributed by atoms with Crippen LogP contribution in [0.25, 0.3) is 0 Å². The Morgan fingerprint density at radius 2 is 1.85 bits per heavy atom. The van der Waals surface area contributed by atoms with Gasteiger partial charge in [-0.25, -0.2) is 0 Å². The summed E-state index contributed by atoms with van der Waals surface area (Å²) in [6.45, 7) is 10.3. The Bertz CT molecular complexity index is 277. The van der Waals surface area contributed by atoms with Crippen molar-refractivity contribution in [2.45, 2.75) is 38.9 Å². The molecule has 0 aliphatic carbocycles. The van der Waals surface area contributed by atoms with Crippen LogP contribution in [-0.2, 0) is 4.43 Å². The molecule has 0 saturated carbocycles. The second-order valence-corrected chi connectivity index (χ2v) is 9.15. The molecule has 0 spiro atoms. The summed E-state index contributed by atoms with van der Waals surface area (Å²) in [6, 6.07) is 1.81. The fraction of sp³-hybridized carbons (Fsp3) is 0.667. The van der Waals surface area contributed by atoms with Crippen molar-refractivity contribution >= 4 is 14.2 Å². The number of hydrogen-bond acceptors (Lipinski definition) is 3. The summed E-state index contributed by atoms with van der Waals surface area (Å²) >= 11 is 0. The second kappa shape index (κ2) is 3.78. The fourth-order valence-corrected chi connectivity index (χ4v) is 1.40. The minimum Gasteiger partial charge on any atom is -0.530 e. The maximum absolute atomic E-state index is 8.58. The first-order chi connectivity index (χ1) is 5.74. The van der Waals surface area contributed by atoms with Crippen LogP contribution >= 0.6 is 0 Å². The zero-order valence-corrected chi connectivity index (χ0v) is 9.86. The van der Waals surface area contributed by atoms with Gasteiger partial charge in [-0.1, -0.05) is 20.8 Å². The molecule has 1 N–H and O–H groups in total. The number of allylic oxidation sites excluding steroid dienone is 1. The van der Waals surface area contributed by atoms with Gasteiger partial charge in [-0.3, -0.25) is 5.41 Å². The molecular weight excluding hydrogens is 180 g/mol. The first kappa shape index (κ1) is 12.0. The summed E-state index contributed by atoms with van der Waals surface area (Å²) in [5.74, 6) is 1.99. The van der Waals surface area contributed by atoms with Gasteiger partial charge in [-0.2, -0.15) is 5.26 Å². The molecule has 0 saturated heterocycles. The molecule has 0 fully saturated rings. The molecular formula is C9H16N2OSi. The van der Waals surface area contributed by atoms with E-state index < -0.39 is 8.32 Å². The van der Waals surface area contributed by atoms with Gasteiger partial charge in [-0.15, -0.1) is 0 Å². The molecule has 0 aromatic heterocycles. The predicted octanol–water partition coefficient (Wildman–Crippen LogP) is 2.66. The lowest BCUT2D eigenvalue weighted by molar-refractivity contribution is 0.409. The fourth-order valence-electron chi connectivity index (χ4n) is 0.485. The van der Waals surface area contributed by atoms with Crippen molar-refractivity contribution in [2.24, 2.45) is 0 Å². The minimum atomic E-state index is -1.95. The molecule has 0 bridgehead atoms. The standard InChI is InChI=1S/C9H16N2OSi/c1-9(2,3)13(4,5)12-8(6-10)7-11/h10H,1-5H3. The van der Waals surface area contributed by atoms with Crippen molar-refractivity contribution in [1.82, 2.24) is 0 Å². The quantitative estimate of drug-likeness (QED) is 0.319. The highest BCUT2D eigenvalue weighted by Crippen LogP contribution is 2.37. The Morgan fingerprint density at radius 1 is 1.38 bits per heavy atom. The SMILES string of the molecule is CC(C)(C)[Si](C)(C)OC(=C=N)C#N. The molecule has 13 heavy (non-hydrogen) atoms. The normalized spacial score (nSPS) is 11.4. The summed E-state index contributed by atoms with van der Waals surface area (Å²) < 4.78 is 5.50. The molecule has 0 rings (SSSR count). The maximum Gasteiger partial charge on any atom is 0.252 e. The molecule has 0 atom stereocenters. The molecule has 0 heterocycles. The summed E-state index contributed by atoms with van der Waals surface area (Å²) in [5.41, 5.74) is 0. The smallest absolute Gasteiger partial charge is 0.252 e. The van der Waals surface area contributed by atoms with E-state index >= 15 is 0 Å². The van der Waals surface area contributed by atoms with E-state index in [2.05, 4.69) is 20.8 Å². The van der Waals surface area contributed by atoms with Crippen molar-refractivity contribution in [2.75, 3.05) is 0 Å². The van der Waals surface area contributed by atoms with Crippen LogP contribution in [0.2, 0.25) is 18.1 Å². The average Bonchev–Trinajstić information content (AvgIpc) is 1.98. The van der Waals surface area contributed by atoms with E-state index in [1.807, 2.05) is 25.0 Å². The lowest BCUT2D eigenvalue weighted by Crippen LogP contribution is -2.40. The maximum atomic E-state index is 8.58. The highest BCUT2D eigenvalue weighted by Gasteiger charge is 2.39. The van der Waals surface area contributed by atoms with E-state index in [-0.39, 0.29) is 10.8 Å². The first-order valence-electron chi connectivity index (χ1n) is 4.13. The zero-order valence-electron chi connectivity index (χ0n) is 8.86. The van der Waals surface area contributed by atoms with Gasteiger partial charge < -0.3 is 4.43 Å². The lowest BCUT2D eigenvalue weighted by atomic mass is 10.2. The summed E-state index contributed by atoms with van der Waals surface area (Å²) in [7, 11) is -1.95. The van der Waals surface area contributed by atoms with E-state index in [9.17, 15) is 0 Å². The Labute approximate surface area is 80.7 Å². The first-order valence-corrected chi connectivity index (χ1v) is 7.04.